The monoisotopic (exact) mass is 308 g/mol. The Bertz CT molecular complexity index is 310. The molecule has 13 heavy (non-hydrogen) atoms. The normalized spacial score (nSPS) is 11.5. The molecule has 0 N–H and O–H groups in total. The fourth-order valence-electron chi connectivity index (χ4n) is 0.785. The molecule has 0 aromatic heterocycles. The van der Waals surface area contributed by atoms with Crippen molar-refractivity contribution >= 4 is 34.2 Å². The Morgan fingerprint density at radius 1 is 1.62 bits per heavy atom. The third-order valence-corrected chi connectivity index (χ3v) is 2.49. The van der Waals surface area contributed by atoms with Gasteiger partial charge < -0.3 is 4.74 Å². The first-order valence-electron chi connectivity index (χ1n) is 3.86. The molecule has 0 aliphatic rings. The molecule has 0 aliphatic heterocycles. The van der Waals surface area contributed by atoms with E-state index >= 15 is 0 Å². The van der Waals surface area contributed by atoms with Crippen molar-refractivity contribution in [3.63, 3.8) is 0 Å². The van der Waals surface area contributed by atoms with Crippen molar-refractivity contribution in [3.8, 4) is 5.75 Å². The molecule has 0 unspecified atom stereocenters. The molecule has 0 amide bonds. The Labute approximate surface area is 96.9 Å². The van der Waals surface area contributed by atoms with Crippen LogP contribution in [0.3, 0.4) is 0 Å². The van der Waals surface area contributed by atoms with Crippen LogP contribution in [0.1, 0.15) is 6.92 Å². The highest BCUT2D eigenvalue weighted by atomic mass is 127. The molecule has 0 atom stereocenters. The molecule has 70 valence electrons. The molecular formula is C10H10ClIO. The highest BCUT2D eigenvalue weighted by Gasteiger charge is 1.94. The van der Waals surface area contributed by atoms with Gasteiger partial charge in [-0.25, -0.2) is 0 Å². The van der Waals surface area contributed by atoms with Gasteiger partial charge in [0, 0.05) is 9.11 Å². The van der Waals surface area contributed by atoms with Crippen LogP contribution in [0.25, 0.3) is 0 Å². The van der Waals surface area contributed by atoms with Crippen molar-refractivity contribution in [1.82, 2.24) is 0 Å². The molecule has 0 bridgehead atoms. The second-order valence-corrected chi connectivity index (χ2v) is 4.17. The Hall–Kier alpha value is -0.220. The van der Waals surface area contributed by atoms with Crippen LogP contribution in [-0.2, 0) is 0 Å². The predicted molar refractivity (Wildman–Crippen MR) is 64.3 cm³/mol. The SMILES string of the molecule is C/C(=C/Cl)COc1cccc(I)c1. The molecule has 0 heterocycles. The summed E-state index contributed by atoms with van der Waals surface area (Å²) >= 11 is 7.76. The first-order valence-corrected chi connectivity index (χ1v) is 5.38. The molecule has 0 saturated heterocycles. The molecule has 0 spiro atoms. The van der Waals surface area contributed by atoms with Crippen LogP contribution in [0, 0.1) is 3.57 Å². The molecule has 0 radical (unpaired) electrons. The summed E-state index contributed by atoms with van der Waals surface area (Å²) in [6, 6.07) is 7.92. The maximum atomic E-state index is 5.51. The number of ether oxygens (including phenoxy) is 1. The van der Waals surface area contributed by atoms with Crippen LogP contribution in [0.4, 0.5) is 0 Å². The molecule has 1 rings (SSSR count). The molecule has 1 aromatic carbocycles. The van der Waals surface area contributed by atoms with Gasteiger partial charge >= 0.3 is 0 Å². The highest BCUT2D eigenvalue weighted by Crippen LogP contribution is 2.15. The summed E-state index contributed by atoms with van der Waals surface area (Å²) < 4.78 is 6.65. The first-order chi connectivity index (χ1) is 6.22. The molecule has 0 fully saturated rings. The van der Waals surface area contributed by atoms with Gasteiger partial charge in [-0.3, -0.25) is 0 Å². The number of hydrogen-bond acceptors (Lipinski definition) is 1. The van der Waals surface area contributed by atoms with E-state index in [0.717, 1.165) is 11.3 Å². The van der Waals surface area contributed by atoms with E-state index in [1.165, 1.54) is 9.11 Å². The predicted octanol–water partition coefficient (Wildman–Crippen LogP) is 3.81. The first kappa shape index (κ1) is 10.9. The summed E-state index contributed by atoms with van der Waals surface area (Å²) in [5.74, 6) is 0.879. The largest absolute Gasteiger partial charge is 0.489 e. The Morgan fingerprint density at radius 2 is 2.38 bits per heavy atom. The molecule has 1 aromatic rings. The average molecular weight is 309 g/mol. The topological polar surface area (TPSA) is 9.23 Å². The number of halogens is 2. The van der Waals surface area contributed by atoms with E-state index < -0.39 is 0 Å². The zero-order valence-corrected chi connectivity index (χ0v) is 10.2. The minimum atomic E-state index is 0.545. The third-order valence-electron chi connectivity index (χ3n) is 1.45. The molecule has 0 saturated carbocycles. The van der Waals surface area contributed by atoms with Crippen LogP contribution >= 0.6 is 34.2 Å². The van der Waals surface area contributed by atoms with Gasteiger partial charge in [0.15, 0.2) is 0 Å². The zero-order valence-electron chi connectivity index (χ0n) is 7.26. The van der Waals surface area contributed by atoms with E-state index in [4.69, 9.17) is 16.3 Å². The maximum Gasteiger partial charge on any atom is 0.120 e. The maximum absolute atomic E-state index is 5.51. The quantitative estimate of drug-likeness (QED) is 0.772. The second-order valence-electron chi connectivity index (χ2n) is 2.70. The lowest BCUT2D eigenvalue weighted by molar-refractivity contribution is 0.352. The Balaban J connectivity index is 2.55. The van der Waals surface area contributed by atoms with Gasteiger partial charge in [-0.2, -0.15) is 0 Å². The zero-order chi connectivity index (χ0) is 9.68. The summed E-state index contributed by atoms with van der Waals surface area (Å²) in [4.78, 5) is 0. The third kappa shape index (κ3) is 4.00. The molecule has 0 aliphatic carbocycles. The lowest BCUT2D eigenvalue weighted by atomic mass is 10.3. The van der Waals surface area contributed by atoms with E-state index in [0.29, 0.717) is 6.61 Å². The highest BCUT2D eigenvalue weighted by molar-refractivity contribution is 14.1. The number of hydrogen-bond donors (Lipinski definition) is 0. The Morgan fingerprint density at radius 3 is 3.00 bits per heavy atom. The van der Waals surface area contributed by atoms with E-state index in [1.807, 2.05) is 31.2 Å². The van der Waals surface area contributed by atoms with Crippen molar-refractivity contribution in [3.05, 3.63) is 38.9 Å². The van der Waals surface area contributed by atoms with Crippen LogP contribution in [0.15, 0.2) is 35.4 Å². The lowest BCUT2D eigenvalue weighted by Crippen LogP contribution is -1.97. The van der Waals surface area contributed by atoms with Gasteiger partial charge in [-0.05, 0) is 53.3 Å². The van der Waals surface area contributed by atoms with E-state index in [9.17, 15) is 0 Å². The van der Waals surface area contributed by atoms with Crippen LogP contribution in [0.5, 0.6) is 5.75 Å². The number of benzene rings is 1. The number of rotatable bonds is 3. The lowest BCUT2D eigenvalue weighted by Gasteiger charge is -2.05. The van der Waals surface area contributed by atoms with Gasteiger partial charge in [-0.15, -0.1) is 0 Å². The van der Waals surface area contributed by atoms with Gasteiger partial charge in [0.25, 0.3) is 0 Å². The second kappa shape index (κ2) is 5.50. The molecule has 3 heteroatoms. The molecule has 1 nitrogen and oxygen atoms in total. The van der Waals surface area contributed by atoms with E-state index in [1.54, 1.807) is 0 Å². The van der Waals surface area contributed by atoms with Crippen LogP contribution < -0.4 is 4.74 Å². The fourth-order valence-corrected chi connectivity index (χ4v) is 1.36. The summed E-state index contributed by atoms with van der Waals surface area (Å²) in [5.41, 5.74) is 2.55. The van der Waals surface area contributed by atoms with Crippen molar-refractivity contribution in [2.75, 3.05) is 6.61 Å². The average Bonchev–Trinajstić information content (AvgIpc) is 2.14. The van der Waals surface area contributed by atoms with Crippen molar-refractivity contribution in [1.29, 1.82) is 0 Å². The minimum Gasteiger partial charge on any atom is -0.489 e. The van der Waals surface area contributed by atoms with Gasteiger partial charge in [0.2, 0.25) is 0 Å². The summed E-state index contributed by atoms with van der Waals surface area (Å²) in [7, 11) is 0. The molecular weight excluding hydrogens is 298 g/mol. The van der Waals surface area contributed by atoms with Gasteiger partial charge in [0.1, 0.15) is 12.4 Å². The van der Waals surface area contributed by atoms with Gasteiger partial charge in [-0.1, -0.05) is 17.7 Å². The van der Waals surface area contributed by atoms with Crippen LogP contribution in [0.2, 0.25) is 0 Å². The summed E-state index contributed by atoms with van der Waals surface area (Å²) in [5, 5.41) is 0. The fraction of sp³-hybridized carbons (Fsp3) is 0.200. The minimum absolute atomic E-state index is 0.545. The summed E-state index contributed by atoms with van der Waals surface area (Å²) in [6.07, 6.45) is 0. The van der Waals surface area contributed by atoms with Crippen molar-refractivity contribution in [2.45, 2.75) is 6.92 Å². The van der Waals surface area contributed by atoms with Gasteiger partial charge in [0.05, 0.1) is 0 Å². The summed E-state index contributed by atoms with van der Waals surface area (Å²) in [6.45, 7) is 2.48. The Kier molecular flexibility index (Phi) is 4.59. The van der Waals surface area contributed by atoms with Crippen molar-refractivity contribution in [2.24, 2.45) is 0 Å². The smallest absolute Gasteiger partial charge is 0.120 e. The van der Waals surface area contributed by atoms with E-state index in [2.05, 4.69) is 22.6 Å². The van der Waals surface area contributed by atoms with E-state index in [-0.39, 0.29) is 0 Å². The standard InChI is InChI=1S/C10H10ClIO/c1-8(6-11)7-13-10-4-2-3-9(12)5-10/h2-6H,7H2,1H3/b8-6-. The van der Waals surface area contributed by atoms with Crippen LogP contribution in [-0.4, -0.2) is 6.61 Å². The van der Waals surface area contributed by atoms with Crippen molar-refractivity contribution < 1.29 is 4.74 Å².